The molecular formula is C65H84N18O13. The molecule has 3 aromatic heterocycles. The fourth-order valence-electron chi connectivity index (χ4n) is 11.8. The van der Waals surface area contributed by atoms with Crippen molar-refractivity contribution in [2.24, 2.45) is 28.1 Å². The highest BCUT2D eigenvalue weighted by Gasteiger charge is 2.41. The fourth-order valence-corrected chi connectivity index (χ4v) is 11.8. The standard InChI is InChI=1S/C65H84N18O13/c1-35(2)24-47(57(89)75-46(14-8-22-70-65(67)68)63(95)83-23-9-15-53(83)64(96)82(3)32-54(66)86)76-59(91)49(26-37-29-71-43-12-6-4-10-41(37)43)78-58(90)48(25-36-16-18-40(85)19-17-36)77-62(94)52(33-84)81-60(92)50(27-38-30-72-44-13-7-5-11-42(38)44)79-61(93)51(28-39-31-69-34-73-39)80-56(88)45-20-21-55(87)74-45/h4-7,10-13,16-19,29-31,34-35,45-53,71-72,84-85H,8-9,14-15,20-28,32-33H2,1-3H3,(H2,66,86)(H,69,73)(H,74,87)(H,75,89)(H,76,91)(H,77,94)(H,78,90)(H,79,93)(H,80,88)(H,81,92)(H4,67,68,70)/t45-,46-,47-,48-,49+,50-,51-,52-,53-/m0/s1. The van der Waals surface area contributed by atoms with Crippen LogP contribution in [-0.4, -0.2) is 199 Å². The van der Waals surface area contributed by atoms with Crippen molar-refractivity contribution in [2.45, 2.75) is 139 Å². The number of para-hydroxylation sites is 2. The summed E-state index contributed by atoms with van der Waals surface area (Å²) in [4.78, 5) is 174. The molecule has 0 unspecified atom stereocenters. The van der Waals surface area contributed by atoms with Crippen LogP contribution in [-0.2, 0) is 78.4 Å². The first-order valence-electron chi connectivity index (χ1n) is 31.7. The van der Waals surface area contributed by atoms with E-state index in [1.165, 1.54) is 48.7 Å². The number of aromatic amines is 3. The summed E-state index contributed by atoms with van der Waals surface area (Å²) in [5.41, 5.74) is 19.9. The van der Waals surface area contributed by atoms with Gasteiger partial charge in [-0.25, -0.2) is 4.98 Å². The predicted octanol–water partition coefficient (Wildman–Crippen LogP) is -1.95. The zero-order chi connectivity index (χ0) is 69.2. The second-order valence-electron chi connectivity index (χ2n) is 24.5. The number of hydrogen-bond acceptors (Lipinski definition) is 15. The number of benzene rings is 3. The third-order valence-electron chi connectivity index (χ3n) is 16.7. The first kappa shape index (κ1) is 71.0. The van der Waals surface area contributed by atoms with Gasteiger partial charge in [-0.3, -0.25) is 57.7 Å². The van der Waals surface area contributed by atoms with E-state index in [4.69, 9.17) is 17.2 Å². The molecule has 2 aliphatic heterocycles. The molecule has 3 aromatic carbocycles. The number of aliphatic hydroxyl groups excluding tert-OH is 1. The second-order valence-corrected chi connectivity index (χ2v) is 24.5. The number of carbonyl (C=O) groups excluding carboxylic acids is 11. The zero-order valence-electron chi connectivity index (χ0n) is 53.5. The Morgan fingerprint density at radius 1 is 0.667 bits per heavy atom. The molecule has 8 rings (SSSR count). The molecule has 0 spiro atoms. The minimum absolute atomic E-state index is 0.00665. The Kier molecular flexibility index (Phi) is 24.6. The third-order valence-corrected chi connectivity index (χ3v) is 16.7. The molecule has 31 nitrogen and oxygen atoms in total. The normalized spacial score (nSPS) is 16.6. The lowest BCUT2D eigenvalue weighted by Gasteiger charge is -2.32. The molecule has 6 aromatic rings. The van der Waals surface area contributed by atoms with Gasteiger partial charge in [0.15, 0.2) is 5.96 Å². The van der Waals surface area contributed by atoms with E-state index in [1.54, 1.807) is 68.7 Å². The van der Waals surface area contributed by atoms with Gasteiger partial charge in [0.1, 0.15) is 60.1 Å². The highest BCUT2D eigenvalue weighted by Crippen LogP contribution is 2.24. The number of aromatic nitrogens is 4. The number of aromatic hydroxyl groups is 1. The molecule has 0 aliphatic carbocycles. The maximum atomic E-state index is 15.1. The van der Waals surface area contributed by atoms with Gasteiger partial charge in [0, 0.05) is 98.3 Å². The Hall–Kier alpha value is -10.8. The number of aliphatic hydroxyl groups is 1. The van der Waals surface area contributed by atoms with Gasteiger partial charge in [0.25, 0.3) is 0 Å². The number of primary amides is 1. The number of nitrogens with zero attached hydrogens (tertiary/aromatic N) is 4. The van der Waals surface area contributed by atoms with Crippen LogP contribution in [0, 0.1) is 5.92 Å². The number of H-pyrrole nitrogens is 3. The van der Waals surface area contributed by atoms with Crippen LogP contribution in [0.3, 0.4) is 0 Å². The molecule has 2 saturated heterocycles. The van der Waals surface area contributed by atoms with E-state index in [-0.39, 0.29) is 101 Å². The van der Waals surface area contributed by atoms with Crippen molar-refractivity contribution in [1.29, 1.82) is 0 Å². The average molecular weight is 1330 g/mol. The first-order chi connectivity index (χ1) is 45.9. The van der Waals surface area contributed by atoms with Gasteiger partial charge >= 0.3 is 0 Å². The number of imidazole rings is 1. The zero-order valence-corrected chi connectivity index (χ0v) is 53.5. The molecule has 11 amide bonds. The quantitative estimate of drug-likeness (QED) is 0.0121. The summed E-state index contributed by atoms with van der Waals surface area (Å²) >= 11 is 0. The van der Waals surface area contributed by atoms with Gasteiger partial charge in [0.05, 0.1) is 19.5 Å². The Bertz CT molecular complexity index is 3790. The van der Waals surface area contributed by atoms with Crippen molar-refractivity contribution >= 4 is 92.7 Å². The van der Waals surface area contributed by atoms with Gasteiger partial charge in [-0.05, 0) is 85.4 Å². The van der Waals surface area contributed by atoms with E-state index in [0.29, 0.717) is 50.6 Å². The Labute approximate surface area is 552 Å². The lowest BCUT2D eigenvalue weighted by molar-refractivity contribution is -0.146. The highest BCUT2D eigenvalue weighted by molar-refractivity contribution is 6.00. The molecule has 9 atom stereocenters. The van der Waals surface area contributed by atoms with E-state index < -0.39 is 127 Å². The number of likely N-dealkylation sites (N-methyl/N-ethyl adjacent to an activating group) is 1. The van der Waals surface area contributed by atoms with Crippen molar-refractivity contribution in [3.05, 3.63) is 120 Å². The summed E-state index contributed by atoms with van der Waals surface area (Å²) in [7, 11) is 1.39. The number of guanidine groups is 1. The molecule has 0 radical (unpaired) electrons. The summed E-state index contributed by atoms with van der Waals surface area (Å²) in [6.45, 7) is 2.41. The van der Waals surface area contributed by atoms with Crippen LogP contribution >= 0.6 is 0 Å². The molecule has 0 saturated carbocycles. The largest absolute Gasteiger partial charge is 0.508 e. The summed E-state index contributed by atoms with van der Waals surface area (Å²) in [6.07, 6.45) is 6.54. The van der Waals surface area contributed by atoms with E-state index >= 15 is 9.59 Å². The van der Waals surface area contributed by atoms with Crippen LogP contribution in [0.5, 0.6) is 5.75 Å². The second kappa shape index (κ2) is 33.3. The van der Waals surface area contributed by atoms with E-state index in [2.05, 4.69) is 67.5 Å². The lowest BCUT2D eigenvalue weighted by Crippen LogP contribution is -2.61. The van der Waals surface area contributed by atoms with E-state index in [1.807, 2.05) is 6.07 Å². The number of phenolic OH excluding ortho intramolecular Hbond substituents is 1. The number of aliphatic imine (C=N–C) groups is 1. The van der Waals surface area contributed by atoms with Crippen LogP contribution in [0.1, 0.15) is 81.2 Å². The maximum absolute atomic E-state index is 15.1. The topological polar surface area (TPSA) is 482 Å². The van der Waals surface area contributed by atoms with Crippen LogP contribution in [0.4, 0.5) is 0 Å². The monoisotopic (exact) mass is 1320 g/mol. The molecule has 0 bridgehead atoms. The van der Waals surface area contributed by atoms with Crippen molar-refractivity contribution in [3.8, 4) is 5.75 Å². The van der Waals surface area contributed by atoms with Gasteiger partial charge in [0.2, 0.25) is 65.0 Å². The Morgan fingerprint density at radius 2 is 1.20 bits per heavy atom. The molecule has 96 heavy (non-hydrogen) atoms. The van der Waals surface area contributed by atoms with Crippen LogP contribution < -0.4 is 59.7 Å². The third kappa shape index (κ3) is 19.4. The Balaban J connectivity index is 1.05. The summed E-state index contributed by atoms with van der Waals surface area (Å²) in [5.74, 6) is -8.90. The molecular weight excluding hydrogens is 1240 g/mol. The molecule has 19 N–H and O–H groups in total. The van der Waals surface area contributed by atoms with E-state index in [9.17, 15) is 53.4 Å². The molecule has 5 heterocycles. The van der Waals surface area contributed by atoms with Crippen molar-refractivity contribution in [1.82, 2.24) is 72.3 Å². The number of rotatable bonds is 33. The fraction of sp³-hybridized carbons (Fsp3) is 0.431. The summed E-state index contributed by atoms with van der Waals surface area (Å²) < 4.78 is 0. The van der Waals surface area contributed by atoms with Crippen LogP contribution in [0.25, 0.3) is 21.8 Å². The number of likely N-dealkylation sites (tertiary alicyclic amines) is 1. The summed E-state index contributed by atoms with van der Waals surface area (Å²) in [6, 6.07) is 7.81. The molecule has 31 heteroatoms. The minimum Gasteiger partial charge on any atom is -0.508 e. The number of fused-ring (bicyclic) bond motifs is 2. The van der Waals surface area contributed by atoms with Gasteiger partial charge < -0.3 is 94.7 Å². The number of phenols is 1. The highest BCUT2D eigenvalue weighted by atomic mass is 16.3. The minimum atomic E-state index is -1.80. The lowest BCUT2D eigenvalue weighted by atomic mass is 9.99. The van der Waals surface area contributed by atoms with Crippen LogP contribution in [0.15, 0.2) is 103 Å². The van der Waals surface area contributed by atoms with Gasteiger partial charge in [-0.2, -0.15) is 0 Å². The van der Waals surface area contributed by atoms with Crippen LogP contribution in [0.2, 0.25) is 0 Å². The number of nitrogens with two attached hydrogens (primary N) is 3. The van der Waals surface area contributed by atoms with Gasteiger partial charge in [-0.1, -0.05) is 62.4 Å². The Morgan fingerprint density at radius 3 is 1.73 bits per heavy atom. The summed E-state index contributed by atoms with van der Waals surface area (Å²) in [5, 5.41) is 44.1. The van der Waals surface area contributed by atoms with Crippen molar-refractivity contribution < 1.29 is 63.0 Å². The number of hydrogen-bond donors (Lipinski definition) is 16. The first-order valence-corrected chi connectivity index (χ1v) is 31.7. The van der Waals surface area contributed by atoms with Crippen molar-refractivity contribution in [2.75, 3.05) is 33.3 Å². The van der Waals surface area contributed by atoms with Gasteiger partial charge in [-0.15, -0.1) is 0 Å². The number of amides is 11. The maximum Gasteiger partial charge on any atom is 0.245 e. The average Bonchev–Trinajstić information content (AvgIpc) is 1.62. The number of nitrogens with one attached hydrogen (secondary N) is 11. The number of carbonyl (C=O) groups is 11. The van der Waals surface area contributed by atoms with E-state index in [0.717, 1.165) is 4.90 Å². The molecule has 2 aliphatic rings. The molecule has 2 fully saturated rings. The smallest absolute Gasteiger partial charge is 0.245 e. The van der Waals surface area contributed by atoms with Crippen molar-refractivity contribution in [3.63, 3.8) is 0 Å². The SMILES string of the molecule is CC(C)C[C@H](NC(=O)[C@@H](Cc1c[nH]c2ccccc12)NC(=O)[C@H](Cc1ccc(O)cc1)NC(=O)[C@H](CO)NC(=O)[C@H](Cc1c[nH]c2ccccc12)NC(=O)[C@H](Cc1cnc[nH]1)NC(=O)[C@@H]1CCC(=O)N1)C(=O)N[C@@H](CCCN=C(N)N)C(=O)N1CCC[C@H]1C(=O)N(C)CC(N)=O. The predicted molar refractivity (Wildman–Crippen MR) is 351 cm³/mol. The molecule has 512 valence electrons.